The summed E-state index contributed by atoms with van der Waals surface area (Å²) in [7, 11) is 1.68. The van der Waals surface area contributed by atoms with Crippen molar-refractivity contribution < 1.29 is 14.4 Å². The van der Waals surface area contributed by atoms with Gasteiger partial charge in [-0.2, -0.15) is 4.98 Å². The van der Waals surface area contributed by atoms with Gasteiger partial charge in [0.1, 0.15) is 6.10 Å². The van der Waals surface area contributed by atoms with Crippen LogP contribution in [-0.4, -0.2) is 35.0 Å². The highest BCUT2D eigenvalue weighted by Crippen LogP contribution is 2.42. The van der Waals surface area contributed by atoms with E-state index in [-0.39, 0.29) is 18.2 Å². The Morgan fingerprint density at radius 2 is 2.35 bits per heavy atom. The zero-order valence-corrected chi connectivity index (χ0v) is 9.80. The van der Waals surface area contributed by atoms with Gasteiger partial charge in [-0.3, -0.25) is 0 Å². The van der Waals surface area contributed by atoms with Crippen molar-refractivity contribution in [3.63, 3.8) is 0 Å². The van der Waals surface area contributed by atoms with Crippen LogP contribution in [0.3, 0.4) is 0 Å². The van der Waals surface area contributed by atoms with Crippen molar-refractivity contribution in [2.45, 2.75) is 37.5 Å². The molecule has 2 heterocycles. The molecule has 6 heteroatoms. The van der Waals surface area contributed by atoms with E-state index in [1.165, 1.54) is 12.8 Å². The van der Waals surface area contributed by atoms with E-state index in [4.69, 9.17) is 9.26 Å². The number of β-amino-alcohol motifs (C(OH)–C–C–N with tert-alkyl or cyclic N) is 1. The SMILES string of the molecule is COC(c1noc(C2CC(O)CN2)n1)C1CC1. The van der Waals surface area contributed by atoms with E-state index in [2.05, 4.69) is 15.5 Å². The lowest BCUT2D eigenvalue weighted by Crippen LogP contribution is -2.15. The number of aromatic nitrogens is 2. The minimum absolute atomic E-state index is 0.0250. The Balaban J connectivity index is 1.73. The number of hydrogen-bond acceptors (Lipinski definition) is 6. The van der Waals surface area contributed by atoms with Gasteiger partial charge in [0.25, 0.3) is 0 Å². The third-order valence-electron chi connectivity index (χ3n) is 3.42. The van der Waals surface area contributed by atoms with Crippen LogP contribution >= 0.6 is 0 Å². The molecule has 0 amide bonds. The molecule has 1 aliphatic heterocycles. The topological polar surface area (TPSA) is 80.4 Å². The molecule has 2 fully saturated rings. The molecule has 1 aromatic heterocycles. The predicted octanol–water partition coefficient (Wildman–Crippen LogP) is 0.562. The molecule has 3 rings (SSSR count). The van der Waals surface area contributed by atoms with Gasteiger partial charge in [-0.1, -0.05) is 5.16 Å². The van der Waals surface area contributed by atoms with Crippen LogP contribution in [0, 0.1) is 5.92 Å². The Kier molecular flexibility index (Phi) is 2.85. The highest BCUT2D eigenvalue weighted by molar-refractivity contribution is 5.02. The van der Waals surface area contributed by atoms with Crippen LogP contribution in [0.1, 0.15) is 43.1 Å². The maximum Gasteiger partial charge on any atom is 0.243 e. The number of aliphatic hydroxyl groups excluding tert-OH is 1. The summed E-state index contributed by atoms with van der Waals surface area (Å²) in [6, 6.07) is -0.0250. The van der Waals surface area contributed by atoms with Crippen molar-refractivity contribution in [1.29, 1.82) is 0 Å². The van der Waals surface area contributed by atoms with Gasteiger partial charge in [-0.25, -0.2) is 0 Å². The summed E-state index contributed by atoms with van der Waals surface area (Å²) in [5.41, 5.74) is 0. The number of nitrogens with zero attached hydrogens (tertiary/aromatic N) is 2. The summed E-state index contributed by atoms with van der Waals surface area (Å²) >= 11 is 0. The van der Waals surface area contributed by atoms with E-state index in [1.807, 2.05) is 0 Å². The first-order chi connectivity index (χ1) is 8.28. The van der Waals surface area contributed by atoms with E-state index < -0.39 is 0 Å². The Bertz CT molecular complexity index is 391. The Labute approximate surface area is 99.3 Å². The summed E-state index contributed by atoms with van der Waals surface area (Å²) < 4.78 is 10.6. The molecule has 1 aromatic rings. The standard InChI is InChI=1S/C11H17N3O3/c1-16-9(6-2-3-6)10-13-11(17-14-10)8-4-7(15)5-12-8/h6-9,12,15H,2-5H2,1H3. The van der Waals surface area contributed by atoms with Gasteiger partial charge >= 0.3 is 0 Å². The highest BCUT2D eigenvalue weighted by atomic mass is 16.5. The minimum atomic E-state index is -0.322. The van der Waals surface area contributed by atoms with Gasteiger partial charge in [0.05, 0.1) is 12.1 Å². The van der Waals surface area contributed by atoms with Gasteiger partial charge in [-0.05, 0) is 25.2 Å². The number of hydrogen-bond donors (Lipinski definition) is 2. The minimum Gasteiger partial charge on any atom is -0.392 e. The van der Waals surface area contributed by atoms with Gasteiger partial charge in [0.2, 0.25) is 11.7 Å². The predicted molar refractivity (Wildman–Crippen MR) is 58.1 cm³/mol. The average Bonchev–Trinajstić information content (AvgIpc) is 2.87. The largest absolute Gasteiger partial charge is 0.392 e. The van der Waals surface area contributed by atoms with Crippen molar-refractivity contribution in [2.75, 3.05) is 13.7 Å². The summed E-state index contributed by atoms with van der Waals surface area (Å²) in [5.74, 6) is 1.72. The molecule has 94 valence electrons. The first-order valence-corrected chi connectivity index (χ1v) is 6.05. The zero-order chi connectivity index (χ0) is 11.8. The monoisotopic (exact) mass is 239 g/mol. The Hall–Kier alpha value is -0.980. The lowest BCUT2D eigenvalue weighted by Gasteiger charge is -2.08. The lowest BCUT2D eigenvalue weighted by atomic mass is 10.2. The first-order valence-electron chi connectivity index (χ1n) is 6.05. The molecule has 0 radical (unpaired) electrons. The highest BCUT2D eigenvalue weighted by Gasteiger charge is 2.36. The Morgan fingerprint density at radius 3 is 2.94 bits per heavy atom. The fraction of sp³-hybridized carbons (Fsp3) is 0.818. The van der Waals surface area contributed by atoms with Gasteiger partial charge < -0.3 is 19.7 Å². The molecular formula is C11H17N3O3. The van der Waals surface area contributed by atoms with Crippen LogP contribution in [0.25, 0.3) is 0 Å². The van der Waals surface area contributed by atoms with Crippen LogP contribution in [0.5, 0.6) is 0 Å². The van der Waals surface area contributed by atoms with Crippen LogP contribution < -0.4 is 5.32 Å². The van der Waals surface area contributed by atoms with E-state index in [9.17, 15) is 5.11 Å². The average molecular weight is 239 g/mol. The lowest BCUT2D eigenvalue weighted by molar-refractivity contribution is 0.0751. The van der Waals surface area contributed by atoms with Crippen LogP contribution in [0.2, 0.25) is 0 Å². The molecule has 1 saturated heterocycles. The summed E-state index contributed by atoms with van der Waals surface area (Å²) in [4.78, 5) is 4.38. The number of aliphatic hydroxyl groups is 1. The molecule has 6 nitrogen and oxygen atoms in total. The molecule has 0 bridgehead atoms. The first kappa shape index (κ1) is 11.1. The fourth-order valence-electron chi connectivity index (χ4n) is 2.32. The second kappa shape index (κ2) is 4.36. The quantitative estimate of drug-likeness (QED) is 0.799. The van der Waals surface area contributed by atoms with Crippen molar-refractivity contribution >= 4 is 0 Å². The number of methoxy groups -OCH3 is 1. The molecule has 17 heavy (non-hydrogen) atoms. The number of rotatable bonds is 4. The second-order valence-corrected chi connectivity index (χ2v) is 4.83. The molecule has 1 saturated carbocycles. The molecule has 0 spiro atoms. The van der Waals surface area contributed by atoms with Crippen molar-refractivity contribution in [3.8, 4) is 0 Å². The smallest absolute Gasteiger partial charge is 0.243 e. The van der Waals surface area contributed by atoms with E-state index >= 15 is 0 Å². The molecule has 3 unspecified atom stereocenters. The third kappa shape index (κ3) is 2.20. The molecule has 1 aliphatic carbocycles. The maximum atomic E-state index is 9.44. The normalized spacial score (nSPS) is 30.7. The van der Waals surface area contributed by atoms with Crippen LogP contribution in [0.15, 0.2) is 4.52 Å². The van der Waals surface area contributed by atoms with Crippen LogP contribution in [0.4, 0.5) is 0 Å². The summed E-state index contributed by atoms with van der Waals surface area (Å²) in [6.45, 7) is 0.582. The molecular weight excluding hydrogens is 222 g/mol. The second-order valence-electron chi connectivity index (χ2n) is 4.83. The van der Waals surface area contributed by atoms with E-state index in [0.29, 0.717) is 30.6 Å². The molecule has 2 N–H and O–H groups in total. The number of ether oxygens (including phenoxy) is 1. The molecule has 0 aromatic carbocycles. The van der Waals surface area contributed by atoms with Gasteiger partial charge in [0, 0.05) is 13.7 Å². The van der Waals surface area contributed by atoms with Gasteiger partial charge in [0.15, 0.2) is 0 Å². The van der Waals surface area contributed by atoms with Crippen molar-refractivity contribution in [2.24, 2.45) is 5.92 Å². The molecule has 3 atom stereocenters. The number of nitrogens with one attached hydrogen (secondary N) is 1. The molecule has 2 aliphatic rings. The van der Waals surface area contributed by atoms with Crippen molar-refractivity contribution in [3.05, 3.63) is 11.7 Å². The third-order valence-corrected chi connectivity index (χ3v) is 3.42. The summed E-state index contributed by atoms with van der Waals surface area (Å²) in [5, 5.41) is 16.6. The van der Waals surface area contributed by atoms with Crippen molar-refractivity contribution in [1.82, 2.24) is 15.5 Å². The Morgan fingerprint density at radius 1 is 1.53 bits per heavy atom. The fourth-order valence-corrected chi connectivity index (χ4v) is 2.32. The van der Waals surface area contributed by atoms with Gasteiger partial charge in [-0.15, -0.1) is 0 Å². The van der Waals surface area contributed by atoms with E-state index in [0.717, 1.165) is 0 Å². The van der Waals surface area contributed by atoms with Crippen LogP contribution in [-0.2, 0) is 4.74 Å². The summed E-state index contributed by atoms with van der Waals surface area (Å²) in [6.07, 6.45) is 2.60. The van der Waals surface area contributed by atoms with E-state index in [1.54, 1.807) is 7.11 Å². The maximum absolute atomic E-state index is 9.44. The zero-order valence-electron chi connectivity index (χ0n) is 9.80.